The molecule has 0 amide bonds. The van der Waals surface area contributed by atoms with E-state index in [-0.39, 0.29) is 0 Å². The number of benzene rings is 9. The van der Waals surface area contributed by atoms with Crippen LogP contribution in [0.1, 0.15) is 0 Å². The summed E-state index contributed by atoms with van der Waals surface area (Å²) in [5.74, 6) is 1.95. The summed E-state index contributed by atoms with van der Waals surface area (Å²) in [6, 6.07) is 66.9. The molecule has 0 aliphatic rings. The molecule has 9 aromatic carbocycles. The van der Waals surface area contributed by atoms with Crippen molar-refractivity contribution in [1.29, 1.82) is 0 Å². The number of rotatable bonds is 5. The molecule has 0 bridgehead atoms. The van der Waals surface area contributed by atoms with Gasteiger partial charge in [0.1, 0.15) is 0 Å². The van der Waals surface area contributed by atoms with Gasteiger partial charge in [0, 0.05) is 36.9 Å². The lowest BCUT2D eigenvalue weighted by Crippen LogP contribution is -2.01. The van der Waals surface area contributed by atoms with Crippen LogP contribution in [-0.4, -0.2) is 15.0 Å². The minimum atomic E-state index is 0.640. The van der Waals surface area contributed by atoms with Crippen molar-refractivity contribution in [1.82, 2.24) is 15.0 Å². The van der Waals surface area contributed by atoms with Crippen LogP contribution < -0.4 is 0 Å². The van der Waals surface area contributed by atoms with Crippen molar-refractivity contribution in [3.8, 4) is 56.4 Å². The zero-order valence-electron chi connectivity index (χ0n) is 29.6. The maximum atomic E-state index is 5.25. The lowest BCUT2D eigenvalue weighted by atomic mass is 9.89. The molecule has 2 aromatic heterocycles. The van der Waals surface area contributed by atoms with Crippen LogP contribution in [0.15, 0.2) is 188 Å². The van der Waals surface area contributed by atoms with Crippen molar-refractivity contribution in [2.75, 3.05) is 0 Å². The minimum Gasteiger partial charge on any atom is -0.208 e. The first-order chi connectivity index (χ1) is 27.3. The lowest BCUT2D eigenvalue weighted by Gasteiger charge is -2.15. The van der Waals surface area contributed by atoms with Gasteiger partial charge in [-0.3, -0.25) is 0 Å². The largest absolute Gasteiger partial charge is 0.208 e. The molecule has 0 saturated heterocycles. The summed E-state index contributed by atoms with van der Waals surface area (Å²) in [4.78, 5) is 15.7. The van der Waals surface area contributed by atoms with Gasteiger partial charge >= 0.3 is 0 Å². The standard InChI is InChI=1S/C51H31N3S/c1-2-13-32(14-3-1)37-17-8-9-21-43(37)50-52-49(53-51(54-50)44-23-12-22-42-40-20-10-11-24-46(40)55-48(42)44)35-27-25-34(26-28-35)47-39-19-7-5-16-36(39)31-45-38-18-6-4-15-33(38)29-30-41(45)47/h1-31H. The Morgan fingerprint density at radius 2 is 0.909 bits per heavy atom. The van der Waals surface area contributed by atoms with Crippen molar-refractivity contribution in [3.05, 3.63) is 188 Å². The van der Waals surface area contributed by atoms with E-state index in [1.807, 2.05) is 6.07 Å². The smallest absolute Gasteiger partial charge is 0.165 e. The van der Waals surface area contributed by atoms with Crippen molar-refractivity contribution in [2.24, 2.45) is 0 Å². The summed E-state index contributed by atoms with van der Waals surface area (Å²) in [5.41, 5.74) is 7.49. The molecule has 55 heavy (non-hydrogen) atoms. The second-order valence-corrected chi connectivity index (χ2v) is 15.0. The third-order valence-electron chi connectivity index (χ3n) is 10.7. The molecule has 0 spiro atoms. The molecular weight excluding hydrogens is 687 g/mol. The molecule has 0 aliphatic heterocycles. The van der Waals surface area contributed by atoms with Gasteiger partial charge in [-0.25, -0.2) is 15.0 Å². The molecule has 11 rings (SSSR count). The van der Waals surface area contributed by atoms with E-state index in [2.05, 4.69) is 182 Å². The number of hydrogen-bond donors (Lipinski definition) is 0. The number of hydrogen-bond acceptors (Lipinski definition) is 4. The third-order valence-corrected chi connectivity index (χ3v) is 12.0. The van der Waals surface area contributed by atoms with E-state index < -0.39 is 0 Å². The Labute approximate surface area is 321 Å². The highest BCUT2D eigenvalue weighted by Crippen LogP contribution is 2.42. The maximum absolute atomic E-state index is 5.25. The van der Waals surface area contributed by atoms with Crippen LogP contribution in [0.4, 0.5) is 0 Å². The Hall–Kier alpha value is -7.01. The molecule has 3 nitrogen and oxygen atoms in total. The average molecular weight is 718 g/mol. The summed E-state index contributed by atoms with van der Waals surface area (Å²) >= 11 is 1.79. The van der Waals surface area contributed by atoms with Crippen molar-refractivity contribution < 1.29 is 0 Å². The Morgan fingerprint density at radius 1 is 0.309 bits per heavy atom. The second-order valence-electron chi connectivity index (χ2n) is 13.9. The van der Waals surface area contributed by atoms with E-state index in [1.165, 1.54) is 58.1 Å². The Bertz CT molecular complexity index is 3260. The van der Waals surface area contributed by atoms with E-state index in [1.54, 1.807) is 11.3 Å². The summed E-state index contributed by atoms with van der Waals surface area (Å²) < 4.78 is 2.42. The Morgan fingerprint density at radius 3 is 1.75 bits per heavy atom. The molecule has 2 heterocycles. The van der Waals surface area contributed by atoms with Gasteiger partial charge in [-0.1, -0.05) is 170 Å². The lowest BCUT2D eigenvalue weighted by molar-refractivity contribution is 1.08. The van der Waals surface area contributed by atoms with Gasteiger partial charge in [-0.2, -0.15) is 0 Å². The number of aromatic nitrogens is 3. The highest BCUT2D eigenvalue weighted by molar-refractivity contribution is 7.26. The van der Waals surface area contributed by atoms with E-state index in [4.69, 9.17) is 15.0 Å². The van der Waals surface area contributed by atoms with Gasteiger partial charge in [0.25, 0.3) is 0 Å². The normalized spacial score (nSPS) is 11.6. The van der Waals surface area contributed by atoms with Crippen LogP contribution >= 0.6 is 11.3 Å². The summed E-state index contributed by atoms with van der Waals surface area (Å²) in [5, 5.41) is 9.93. The first-order valence-electron chi connectivity index (χ1n) is 18.5. The number of fused-ring (bicyclic) bond motifs is 7. The van der Waals surface area contributed by atoms with Crippen molar-refractivity contribution in [2.45, 2.75) is 0 Å². The summed E-state index contributed by atoms with van der Waals surface area (Å²) in [6.45, 7) is 0. The first-order valence-corrected chi connectivity index (χ1v) is 19.3. The molecule has 0 aliphatic carbocycles. The molecule has 0 fully saturated rings. The predicted octanol–water partition coefficient (Wildman–Crippen LogP) is 14.0. The van der Waals surface area contributed by atoms with Crippen molar-refractivity contribution >= 4 is 63.8 Å². The molecule has 4 heteroatoms. The highest BCUT2D eigenvalue weighted by atomic mass is 32.1. The van der Waals surface area contributed by atoms with E-state index in [0.717, 1.165) is 33.4 Å². The Balaban J connectivity index is 1.11. The zero-order chi connectivity index (χ0) is 36.3. The second kappa shape index (κ2) is 12.8. The molecule has 256 valence electrons. The van der Waals surface area contributed by atoms with Crippen LogP contribution in [0.25, 0.3) is 109 Å². The SMILES string of the molecule is c1ccc(-c2ccccc2-c2nc(-c3ccc(-c4c5ccccc5cc5c4ccc4ccccc45)cc3)nc(-c3cccc4c3sc3ccccc34)n2)cc1. The third kappa shape index (κ3) is 5.30. The minimum absolute atomic E-state index is 0.640. The number of thiophene rings is 1. The monoisotopic (exact) mass is 717 g/mol. The highest BCUT2D eigenvalue weighted by Gasteiger charge is 2.19. The van der Waals surface area contributed by atoms with Gasteiger partial charge in [0.15, 0.2) is 17.5 Å². The van der Waals surface area contributed by atoms with Gasteiger partial charge in [0.05, 0.1) is 0 Å². The topological polar surface area (TPSA) is 38.7 Å². The predicted molar refractivity (Wildman–Crippen MR) is 232 cm³/mol. The molecule has 0 saturated carbocycles. The molecule has 11 aromatic rings. The average Bonchev–Trinajstić information content (AvgIpc) is 3.65. The molecule has 0 unspecified atom stereocenters. The summed E-state index contributed by atoms with van der Waals surface area (Å²) in [7, 11) is 0. The molecular formula is C51H31N3S. The molecule has 0 N–H and O–H groups in total. The van der Waals surface area contributed by atoms with E-state index in [9.17, 15) is 0 Å². The van der Waals surface area contributed by atoms with Crippen LogP contribution in [0.2, 0.25) is 0 Å². The van der Waals surface area contributed by atoms with Gasteiger partial charge in [-0.15, -0.1) is 11.3 Å². The van der Waals surface area contributed by atoms with Gasteiger partial charge in [0.2, 0.25) is 0 Å². The van der Waals surface area contributed by atoms with Crippen LogP contribution in [0, 0.1) is 0 Å². The van der Waals surface area contributed by atoms with Gasteiger partial charge in [-0.05, 0) is 72.8 Å². The first kappa shape index (κ1) is 31.5. The maximum Gasteiger partial charge on any atom is 0.165 e. The summed E-state index contributed by atoms with van der Waals surface area (Å²) in [6.07, 6.45) is 0. The molecule has 0 atom stereocenters. The quantitative estimate of drug-likeness (QED) is 0.131. The molecule has 0 radical (unpaired) electrons. The van der Waals surface area contributed by atoms with Gasteiger partial charge < -0.3 is 0 Å². The van der Waals surface area contributed by atoms with Crippen LogP contribution in [0.3, 0.4) is 0 Å². The van der Waals surface area contributed by atoms with E-state index in [0.29, 0.717) is 17.5 Å². The van der Waals surface area contributed by atoms with E-state index >= 15 is 0 Å². The Kier molecular flexibility index (Phi) is 7.35. The zero-order valence-corrected chi connectivity index (χ0v) is 30.5. The number of nitrogens with zero attached hydrogens (tertiary/aromatic N) is 3. The fraction of sp³-hybridized carbons (Fsp3) is 0. The fourth-order valence-corrected chi connectivity index (χ4v) is 9.35. The van der Waals surface area contributed by atoms with Crippen molar-refractivity contribution in [3.63, 3.8) is 0 Å². The van der Waals surface area contributed by atoms with Crippen LogP contribution in [0.5, 0.6) is 0 Å². The fourth-order valence-electron chi connectivity index (χ4n) is 8.13. The van der Waals surface area contributed by atoms with Crippen LogP contribution in [-0.2, 0) is 0 Å².